The molecule has 10 heteroatoms. The third-order valence-corrected chi connectivity index (χ3v) is 6.11. The first-order valence-electron chi connectivity index (χ1n) is 9.17. The van der Waals surface area contributed by atoms with E-state index in [-0.39, 0.29) is 6.09 Å². The van der Waals surface area contributed by atoms with Crippen molar-refractivity contribution in [3.05, 3.63) is 17.2 Å². The van der Waals surface area contributed by atoms with Crippen LogP contribution in [0.5, 0.6) is 0 Å². The normalized spacial score (nSPS) is 23.2. The highest BCUT2D eigenvalue weighted by Gasteiger charge is 2.43. The minimum atomic E-state index is -4.55. The Morgan fingerprint density at radius 2 is 1.54 bits per heavy atom. The summed E-state index contributed by atoms with van der Waals surface area (Å²) >= 11 is 1.41. The Morgan fingerprint density at radius 3 is 1.96 bits per heavy atom. The molecule has 3 heterocycles. The van der Waals surface area contributed by atoms with Gasteiger partial charge in [-0.3, -0.25) is 0 Å². The number of ether oxygens (including phenoxy) is 1. The number of hydrogen-bond acceptors (Lipinski definition) is 6. The van der Waals surface area contributed by atoms with Crippen LogP contribution in [0, 0.1) is 25.7 Å². The van der Waals surface area contributed by atoms with Gasteiger partial charge in [-0.1, -0.05) is 0 Å². The highest BCUT2D eigenvalue weighted by atomic mass is 32.2. The third kappa shape index (κ3) is 4.71. The number of likely N-dealkylation sites (tertiary alicyclic amines) is 1. The Hall–Kier alpha value is -1.55. The van der Waals surface area contributed by atoms with Gasteiger partial charge in [-0.15, -0.1) is 0 Å². The zero-order valence-corrected chi connectivity index (χ0v) is 17.4. The largest absolute Gasteiger partial charge is 0.451 e. The first-order valence-corrected chi connectivity index (χ1v) is 9.94. The van der Waals surface area contributed by atoms with Crippen LogP contribution >= 0.6 is 11.9 Å². The molecule has 0 spiro atoms. The molecular formula is C18H25F3N4O2S. The van der Waals surface area contributed by atoms with E-state index in [1.807, 2.05) is 20.8 Å². The number of alkyl halides is 3. The molecule has 3 rings (SSSR count). The van der Waals surface area contributed by atoms with Crippen molar-refractivity contribution < 1.29 is 22.7 Å². The van der Waals surface area contributed by atoms with Gasteiger partial charge in [-0.2, -0.15) is 13.2 Å². The fourth-order valence-corrected chi connectivity index (χ4v) is 4.74. The van der Waals surface area contributed by atoms with Gasteiger partial charge in [0.25, 0.3) is 0 Å². The highest BCUT2D eigenvalue weighted by Crippen LogP contribution is 2.39. The Bertz CT molecular complexity index is 729. The first kappa shape index (κ1) is 21.2. The molecule has 6 nitrogen and oxygen atoms in total. The summed E-state index contributed by atoms with van der Waals surface area (Å²) in [6.07, 6.45) is -4.84. The molecular weight excluding hydrogens is 393 g/mol. The minimum absolute atomic E-state index is 0.288. The van der Waals surface area contributed by atoms with Crippen LogP contribution in [-0.2, 0) is 10.9 Å². The number of halogens is 3. The van der Waals surface area contributed by atoms with Crippen molar-refractivity contribution in [1.29, 1.82) is 0 Å². The summed E-state index contributed by atoms with van der Waals surface area (Å²) in [5.41, 5.74) is 0.142. The molecule has 2 atom stereocenters. The van der Waals surface area contributed by atoms with Gasteiger partial charge in [0.05, 0.1) is 16.3 Å². The van der Waals surface area contributed by atoms with Gasteiger partial charge < -0.3 is 9.64 Å². The molecule has 1 aromatic heterocycles. The van der Waals surface area contributed by atoms with Crippen LogP contribution in [0.25, 0.3) is 0 Å². The molecule has 0 aromatic carbocycles. The molecule has 28 heavy (non-hydrogen) atoms. The van der Waals surface area contributed by atoms with E-state index in [2.05, 4.69) is 14.3 Å². The summed E-state index contributed by atoms with van der Waals surface area (Å²) in [4.78, 5) is 21.9. The Morgan fingerprint density at radius 1 is 1.04 bits per heavy atom. The summed E-state index contributed by atoms with van der Waals surface area (Å²) in [6.45, 7) is 11.5. The average molecular weight is 418 g/mol. The zero-order valence-electron chi connectivity index (χ0n) is 16.6. The summed E-state index contributed by atoms with van der Waals surface area (Å²) < 4.78 is 46.2. The maximum Gasteiger partial charge on any atom is 0.451 e. The summed E-state index contributed by atoms with van der Waals surface area (Å²) in [7, 11) is 0. The summed E-state index contributed by atoms with van der Waals surface area (Å²) in [5, 5.41) is 0. The van der Waals surface area contributed by atoms with Crippen LogP contribution in [0.3, 0.4) is 0 Å². The molecule has 2 aliphatic heterocycles. The maximum absolute atomic E-state index is 12.9. The lowest BCUT2D eigenvalue weighted by molar-refractivity contribution is -0.145. The third-order valence-electron chi connectivity index (χ3n) is 4.78. The molecule has 2 fully saturated rings. The average Bonchev–Trinajstić information content (AvgIpc) is 3.06. The van der Waals surface area contributed by atoms with Gasteiger partial charge >= 0.3 is 12.3 Å². The molecule has 0 radical (unpaired) electrons. The second-order valence-corrected chi connectivity index (χ2v) is 9.50. The van der Waals surface area contributed by atoms with Crippen LogP contribution in [0.4, 0.5) is 18.0 Å². The number of hydrogen-bond donors (Lipinski definition) is 0. The van der Waals surface area contributed by atoms with E-state index >= 15 is 0 Å². The van der Waals surface area contributed by atoms with Crippen LogP contribution in [-0.4, -0.2) is 57.0 Å². The predicted octanol–water partition coefficient (Wildman–Crippen LogP) is 3.92. The quantitative estimate of drug-likeness (QED) is 0.679. The lowest BCUT2D eigenvalue weighted by Crippen LogP contribution is -2.37. The molecule has 0 bridgehead atoms. The minimum Gasteiger partial charge on any atom is -0.444 e. The topological polar surface area (TPSA) is 58.6 Å². The van der Waals surface area contributed by atoms with E-state index in [0.29, 0.717) is 41.2 Å². The second-order valence-electron chi connectivity index (χ2n) is 8.39. The number of fused-ring (bicyclic) bond motifs is 1. The number of amides is 1. The molecule has 1 aromatic rings. The van der Waals surface area contributed by atoms with Gasteiger partial charge in [-0.05, 0) is 58.4 Å². The van der Waals surface area contributed by atoms with Crippen molar-refractivity contribution in [2.24, 2.45) is 11.8 Å². The molecule has 0 saturated carbocycles. The van der Waals surface area contributed by atoms with E-state index in [1.165, 1.54) is 11.9 Å². The molecule has 2 unspecified atom stereocenters. The van der Waals surface area contributed by atoms with Gasteiger partial charge in [0.15, 0.2) is 0 Å². The zero-order chi connectivity index (χ0) is 20.9. The predicted molar refractivity (Wildman–Crippen MR) is 98.7 cm³/mol. The summed E-state index contributed by atoms with van der Waals surface area (Å²) in [6, 6.07) is 0. The molecule has 156 valence electrons. The van der Waals surface area contributed by atoms with Crippen LogP contribution in [0.15, 0.2) is 4.90 Å². The second kappa shape index (κ2) is 7.37. The van der Waals surface area contributed by atoms with Gasteiger partial charge in [0.2, 0.25) is 5.82 Å². The number of carbonyl (C=O) groups is 1. The van der Waals surface area contributed by atoms with Crippen molar-refractivity contribution >= 4 is 18.0 Å². The first-order chi connectivity index (χ1) is 12.8. The van der Waals surface area contributed by atoms with Crippen LogP contribution in [0.1, 0.15) is 38.0 Å². The Balaban J connectivity index is 1.61. The molecule has 0 N–H and O–H groups in total. The van der Waals surface area contributed by atoms with E-state index in [0.717, 1.165) is 13.1 Å². The van der Waals surface area contributed by atoms with E-state index < -0.39 is 17.6 Å². The highest BCUT2D eigenvalue weighted by molar-refractivity contribution is 7.97. The fraction of sp³-hybridized carbons (Fsp3) is 0.722. The molecule has 2 saturated heterocycles. The Kier molecular flexibility index (Phi) is 5.57. The van der Waals surface area contributed by atoms with E-state index in [4.69, 9.17) is 4.74 Å². The number of rotatable bonds is 2. The number of aromatic nitrogens is 2. The fourth-order valence-electron chi connectivity index (χ4n) is 3.59. The monoisotopic (exact) mass is 418 g/mol. The lowest BCUT2D eigenvalue weighted by Gasteiger charge is -2.26. The molecule has 1 amide bonds. The van der Waals surface area contributed by atoms with E-state index in [9.17, 15) is 18.0 Å². The van der Waals surface area contributed by atoms with Crippen molar-refractivity contribution in [3.63, 3.8) is 0 Å². The van der Waals surface area contributed by atoms with Gasteiger partial charge in [0, 0.05) is 26.2 Å². The lowest BCUT2D eigenvalue weighted by atomic mass is 10.0. The summed E-state index contributed by atoms with van der Waals surface area (Å²) in [5.74, 6) is -0.440. The van der Waals surface area contributed by atoms with E-state index in [1.54, 1.807) is 18.7 Å². The SMILES string of the molecule is Cc1nc(C(F)(F)F)nc(C)c1SN1CC2CN(C(=O)OC(C)(C)C)CC2C1. The van der Waals surface area contributed by atoms with Crippen molar-refractivity contribution in [3.8, 4) is 0 Å². The van der Waals surface area contributed by atoms with Gasteiger partial charge in [-0.25, -0.2) is 19.1 Å². The standard InChI is InChI=1S/C18H25F3N4O2S/c1-10-14(11(2)23-15(22-10)18(19,20)21)28-25-8-12-6-24(7-13(12)9-25)16(26)27-17(3,4)5/h12-13H,6-9H2,1-5H3. The van der Waals surface area contributed by atoms with Crippen molar-refractivity contribution in [2.75, 3.05) is 26.2 Å². The maximum atomic E-state index is 12.9. The smallest absolute Gasteiger partial charge is 0.444 e. The number of carbonyl (C=O) groups excluding carboxylic acids is 1. The Labute approximate surface area is 167 Å². The van der Waals surface area contributed by atoms with Crippen molar-refractivity contribution in [2.45, 2.75) is 51.3 Å². The van der Waals surface area contributed by atoms with Crippen molar-refractivity contribution in [1.82, 2.24) is 19.2 Å². The van der Waals surface area contributed by atoms with Gasteiger partial charge in [0.1, 0.15) is 5.60 Å². The van der Waals surface area contributed by atoms with Crippen LogP contribution < -0.4 is 0 Å². The molecule has 0 aliphatic carbocycles. The van der Waals surface area contributed by atoms with Crippen LogP contribution in [0.2, 0.25) is 0 Å². The molecule has 2 aliphatic rings. The number of aryl methyl sites for hydroxylation is 2. The number of nitrogens with zero attached hydrogens (tertiary/aromatic N) is 4.